The number of rotatable bonds is 3. The first-order valence-corrected chi connectivity index (χ1v) is 6.64. The number of hydrogen-bond donors (Lipinski definition) is 1. The van der Waals surface area contributed by atoms with Crippen LogP contribution in [0.5, 0.6) is 0 Å². The van der Waals surface area contributed by atoms with Crippen molar-refractivity contribution in [2.45, 2.75) is 25.1 Å². The van der Waals surface area contributed by atoms with Crippen LogP contribution in [0.1, 0.15) is 25.3 Å². The van der Waals surface area contributed by atoms with Crippen LogP contribution in [0, 0.1) is 5.92 Å². The Morgan fingerprint density at radius 2 is 2.00 bits per heavy atom. The SMILES string of the molecule is CC(C)c1ccc(N2C[C@H](CO)[C@H](Cl)C2=O)cc1. The number of nitrogens with zero attached hydrogens (tertiary/aromatic N) is 1. The van der Waals surface area contributed by atoms with Crippen LogP contribution in [0.15, 0.2) is 24.3 Å². The Hall–Kier alpha value is -1.06. The number of amides is 1. The highest BCUT2D eigenvalue weighted by atomic mass is 35.5. The molecule has 1 aliphatic rings. The third-order valence-corrected chi connectivity index (χ3v) is 3.98. The van der Waals surface area contributed by atoms with Crippen molar-refractivity contribution in [1.82, 2.24) is 0 Å². The number of halogens is 1. The second kappa shape index (κ2) is 5.29. The summed E-state index contributed by atoms with van der Waals surface area (Å²) in [6, 6.07) is 7.94. The van der Waals surface area contributed by atoms with Crippen LogP contribution in [0.3, 0.4) is 0 Å². The van der Waals surface area contributed by atoms with E-state index in [-0.39, 0.29) is 18.4 Å². The summed E-state index contributed by atoms with van der Waals surface area (Å²) in [5.74, 6) is 0.177. The van der Waals surface area contributed by atoms with Crippen LogP contribution < -0.4 is 4.90 Å². The van der Waals surface area contributed by atoms with Crippen molar-refractivity contribution in [2.75, 3.05) is 18.1 Å². The zero-order chi connectivity index (χ0) is 13.3. The fraction of sp³-hybridized carbons (Fsp3) is 0.500. The van der Waals surface area contributed by atoms with Crippen LogP contribution in [0.2, 0.25) is 0 Å². The molecule has 0 aliphatic carbocycles. The van der Waals surface area contributed by atoms with Gasteiger partial charge in [-0.25, -0.2) is 0 Å². The molecule has 1 aromatic rings. The average molecular weight is 268 g/mol. The van der Waals surface area contributed by atoms with Crippen LogP contribution in [-0.2, 0) is 4.79 Å². The number of hydrogen-bond acceptors (Lipinski definition) is 2. The molecule has 98 valence electrons. The highest BCUT2D eigenvalue weighted by Crippen LogP contribution is 2.29. The number of carbonyl (C=O) groups is 1. The lowest BCUT2D eigenvalue weighted by atomic mass is 10.0. The predicted octanol–water partition coefficient (Wildman–Crippen LogP) is 2.37. The van der Waals surface area contributed by atoms with Crippen molar-refractivity contribution in [2.24, 2.45) is 5.92 Å². The van der Waals surface area contributed by atoms with E-state index in [0.717, 1.165) is 5.69 Å². The predicted molar refractivity (Wildman–Crippen MR) is 73.1 cm³/mol. The molecule has 1 fully saturated rings. The van der Waals surface area contributed by atoms with E-state index in [0.29, 0.717) is 12.5 Å². The summed E-state index contributed by atoms with van der Waals surface area (Å²) < 4.78 is 0. The minimum absolute atomic E-state index is 0.0551. The van der Waals surface area contributed by atoms with E-state index in [1.807, 2.05) is 24.3 Å². The van der Waals surface area contributed by atoms with Crippen molar-refractivity contribution >= 4 is 23.2 Å². The number of aliphatic hydroxyl groups is 1. The third kappa shape index (κ3) is 2.38. The van der Waals surface area contributed by atoms with Gasteiger partial charge in [0.25, 0.3) is 0 Å². The lowest BCUT2D eigenvalue weighted by Crippen LogP contribution is -2.27. The normalized spacial score (nSPS) is 24.1. The molecular formula is C14H18ClNO2. The van der Waals surface area contributed by atoms with Gasteiger partial charge in [-0.1, -0.05) is 26.0 Å². The lowest BCUT2D eigenvalue weighted by molar-refractivity contribution is -0.117. The Labute approximate surface area is 112 Å². The highest BCUT2D eigenvalue weighted by molar-refractivity contribution is 6.34. The number of carbonyl (C=O) groups excluding carboxylic acids is 1. The van der Waals surface area contributed by atoms with E-state index in [4.69, 9.17) is 11.6 Å². The molecule has 2 rings (SSSR count). The average Bonchev–Trinajstić information content (AvgIpc) is 2.66. The fourth-order valence-electron chi connectivity index (χ4n) is 2.19. The Morgan fingerprint density at radius 3 is 2.44 bits per heavy atom. The number of anilines is 1. The van der Waals surface area contributed by atoms with Gasteiger partial charge >= 0.3 is 0 Å². The minimum Gasteiger partial charge on any atom is -0.396 e. The summed E-state index contributed by atoms with van der Waals surface area (Å²) in [5.41, 5.74) is 2.09. The van der Waals surface area contributed by atoms with Crippen LogP contribution in [0.4, 0.5) is 5.69 Å². The largest absolute Gasteiger partial charge is 0.396 e. The molecule has 1 saturated heterocycles. The van der Waals surface area contributed by atoms with Crippen molar-refractivity contribution < 1.29 is 9.90 Å². The quantitative estimate of drug-likeness (QED) is 0.855. The number of benzene rings is 1. The van der Waals surface area contributed by atoms with E-state index >= 15 is 0 Å². The summed E-state index contributed by atoms with van der Waals surface area (Å²) in [5, 5.41) is 8.56. The maximum atomic E-state index is 12.0. The molecule has 0 bridgehead atoms. The third-order valence-electron chi connectivity index (χ3n) is 3.44. The Bertz CT molecular complexity index is 430. The molecule has 2 atom stereocenters. The van der Waals surface area contributed by atoms with Crippen LogP contribution in [-0.4, -0.2) is 29.5 Å². The molecule has 1 amide bonds. The molecule has 1 aliphatic heterocycles. The van der Waals surface area contributed by atoms with E-state index in [1.54, 1.807) is 4.90 Å². The second-order valence-electron chi connectivity index (χ2n) is 5.04. The van der Waals surface area contributed by atoms with Gasteiger partial charge in [0.1, 0.15) is 5.38 Å². The monoisotopic (exact) mass is 267 g/mol. The van der Waals surface area contributed by atoms with Crippen molar-refractivity contribution in [3.8, 4) is 0 Å². The van der Waals surface area contributed by atoms with Gasteiger partial charge in [-0.05, 0) is 23.6 Å². The van der Waals surface area contributed by atoms with Gasteiger partial charge in [0.05, 0.1) is 0 Å². The van der Waals surface area contributed by atoms with Crippen LogP contribution >= 0.6 is 11.6 Å². The first-order chi connectivity index (χ1) is 8.54. The molecule has 18 heavy (non-hydrogen) atoms. The van der Waals surface area contributed by atoms with Gasteiger partial charge in [-0.2, -0.15) is 0 Å². The summed E-state index contributed by atoms with van der Waals surface area (Å²) >= 11 is 6.00. The van der Waals surface area contributed by atoms with Gasteiger partial charge < -0.3 is 10.0 Å². The van der Waals surface area contributed by atoms with Gasteiger partial charge in [0.2, 0.25) is 5.91 Å². The zero-order valence-electron chi connectivity index (χ0n) is 10.6. The van der Waals surface area contributed by atoms with E-state index in [9.17, 15) is 9.90 Å². The topological polar surface area (TPSA) is 40.5 Å². The molecule has 4 heteroatoms. The standard InChI is InChI=1S/C14H18ClNO2/c1-9(2)10-3-5-12(6-4-10)16-7-11(8-17)13(15)14(16)18/h3-6,9,11,13,17H,7-8H2,1-2H3/t11-,13+/m1/s1. The second-order valence-corrected chi connectivity index (χ2v) is 5.51. The summed E-state index contributed by atoms with van der Waals surface area (Å²) in [7, 11) is 0. The summed E-state index contributed by atoms with van der Waals surface area (Å²) in [6.45, 7) is 4.70. The molecule has 0 radical (unpaired) electrons. The molecule has 1 aromatic carbocycles. The first-order valence-electron chi connectivity index (χ1n) is 6.21. The summed E-state index contributed by atoms with van der Waals surface area (Å²) in [6.07, 6.45) is 0. The van der Waals surface area contributed by atoms with E-state index in [2.05, 4.69) is 13.8 Å². The van der Waals surface area contributed by atoms with Gasteiger partial charge in [-0.3, -0.25) is 4.79 Å². The smallest absolute Gasteiger partial charge is 0.245 e. The van der Waals surface area contributed by atoms with Crippen molar-refractivity contribution in [3.05, 3.63) is 29.8 Å². The molecule has 0 unspecified atom stereocenters. The van der Waals surface area contributed by atoms with Gasteiger partial charge in [-0.15, -0.1) is 11.6 Å². The van der Waals surface area contributed by atoms with E-state index in [1.165, 1.54) is 5.56 Å². The van der Waals surface area contributed by atoms with Crippen LogP contribution in [0.25, 0.3) is 0 Å². The number of aliphatic hydroxyl groups excluding tert-OH is 1. The van der Waals surface area contributed by atoms with Crippen molar-refractivity contribution in [1.29, 1.82) is 0 Å². The molecule has 1 heterocycles. The van der Waals surface area contributed by atoms with Gasteiger partial charge in [0, 0.05) is 24.8 Å². The molecule has 0 aromatic heterocycles. The number of alkyl halides is 1. The highest BCUT2D eigenvalue weighted by Gasteiger charge is 2.39. The molecule has 1 N–H and O–H groups in total. The van der Waals surface area contributed by atoms with Gasteiger partial charge in [0.15, 0.2) is 0 Å². The Kier molecular flexibility index (Phi) is 3.93. The lowest BCUT2D eigenvalue weighted by Gasteiger charge is -2.17. The summed E-state index contributed by atoms with van der Waals surface area (Å²) in [4.78, 5) is 13.6. The Morgan fingerprint density at radius 1 is 1.39 bits per heavy atom. The fourth-order valence-corrected chi connectivity index (χ4v) is 2.47. The molecule has 0 spiro atoms. The minimum atomic E-state index is -0.611. The maximum absolute atomic E-state index is 12.0. The Balaban J connectivity index is 2.20. The zero-order valence-corrected chi connectivity index (χ0v) is 11.4. The first kappa shape index (κ1) is 13.4. The van der Waals surface area contributed by atoms with Crippen molar-refractivity contribution in [3.63, 3.8) is 0 Å². The van der Waals surface area contributed by atoms with E-state index < -0.39 is 5.38 Å². The molecular weight excluding hydrogens is 250 g/mol. The molecule has 3 nitrogen and oxygen atoms in total. The molecule has 0 saturated carbocycles. The maximum Gasteiger partial charge on any atom is 0.245 e.